The minimum absolute atomic E-state index is 0.0998. The van der Waals surface area contributed by atoms with Crippen molar-refractivity contribution in [2.45, 2.75) is 52.1 Å². The smallest absolute Gasteiger partial charge is 0.303 e. The second-order valence-corrected chi connectivity index (χ2v) is 6.74. The minimum Gasteiger partial charge on any atom is -0.481 e. The predicted octanol–water partition coefficient (Wildman–Crippen LogP) is 1.90. The summed E-state index contributed by atoms with van der Waals surface area (Å²) in [5.74, 6) is -0.0622. The lowest BCUT2D eigenvalue weighted by atomic mass is 9.98. The molecule has 0 bridgehead atoms. The molecule has 1 fully saturated rings. The number of hydrogen-bond donors (Lipinski definition) is 1. The SMILES string of the molecule is CC1CN(C)CC(CCC(=O)O)N(C(C)(C)C)C1. The molecule has 106 valence electrons. The lowest BCUT2D eigenvalue weighted by molar-refractivity contribution is -0.137. The quantitative estimate of drug-likeness (QED) is 0.837. The van der Waals surface area contributed by atoms with E-state index < -0.39 is 5.97 Å². The fraction of sp³-hybridized carbons (Fsp3) is 0.929. The Morgan fingerprint density at radius 2 is 1.89 bits per heavy atom. The Morgan fingerprint density at radius 3 is 2.39 bits per heavy atom. The zero-order valence-corrected chi connectivity index (χ0v) is 12.4. The van der Waals surface area contributed by atoms with Gasteiger partial charge in [-0.1, -0.05) is 6.92 Å². The van der Waals surface area contributed by atoms with Crippen LogP contribution in [0.4, 0.5) is 0 Å². The standard InChI is InChI=1S/C14H28N2O2/c1-11-8-15(5)10-12(6-7-13(17)18)16(9-11)14(2,3)4/h11-12H,6-10H2,1-5H3,(H,17,18). The molecule has 1 saturated heterocycles. The van der Waals surface area contributed by atoms with E-state index in [1.807, 2.05) is 0 Å². The van der Waals surface area contributed by atoms with Crippen LogP contribution in [0.25, 0.3) is 0 Å². The van der Waals surface area contributed by atoms with Crippen molar-refractivity contribution in [3.63, 3.8) is 0 Å². The second kappa shape index (κ2) is 6.02. The summed E-state index contributed by atoms with van der Waals surface area (Å²) in [6, 6.07) is 0.344. The van der Waals surface area contributed by atoms with E-state index in [1.54, 1.807) is 0 Å². The maximum atomic E-state index is 10.8. The first-order chi connectivity index (χ1) is 8.20. The van der Waals surface area contributed by atoms with Gasteiger partial charge in [-0.15, -0.1) is 0 Å². The molecule has 18 heavy (non-hydrogen) atoms. The molecule has 0 aromatic carbocycles. The summed E-state index contributed by atoms with van der Waals surface area (Å²) < 4.78 is 0. The Hall–Kier alpha value is -0.610. The largest absolute Gasteiger partial charge is 0.481 e. The van der Waals surface area contributed by atoms with E-state index in [1.165, 1.54) is 0 Å². The maximum Gasteiger partial charge on any atom is 0.303 e. The summed E-state index contributed by atoms with van der Waals surface area (Å²) in [6.07, 6.45) is 1.00. The van der Waals surface area contributed by atoms with Crippen LogP contribution in [0.3, 0.4) is 0 Å². The highest BCUT2D eigenvalue weighted by atomic mass is 16.4. The van der Waals surface area contributed by atoms with Crippen LogP contribution in [-0.2, 0) is 4.79 Å². The van der Waals surface area contributed by atoms with E-state index in [9.17, 15) is 4.79 Å². The molecule has 1 rings (SSSR count). The Kier molecular flexibility index (Phi) is 5.17. The summed E-state index contributed by atoms with van der Waals surface area (Å²) in [5, 5.41) is 8.89. The van der Waals surface area contributed by atoms with Crippen LogP contribution in [0.15, 0.2) is 0 Å². The lowest BCUT2D eigenvalue weighted by Crippen LogP contribution is -2.51. The molecule has 4 heteroatoms. The molecule has 1 aliphatic heterocycles. The fourth-order valence-corrected chi connectivity index (χ4v) is 2.97. The molecule has 0 aliphatic carbocycles. The van der Waals surface area contributed by atoms with Gasteiger partial charge in [0, 0.05) is 37.6 Å². The van der Waals surface area contributed by atoms with Gasteiger partial charge in [0.15, 0.2) is 0 Å². The first-order valence-electron chi connectivity index (χ1n) is 6.87. The lowest BCUT2D eigenvalue weighted by Gasteiger charge is -2.41. The van der Waals surface area contributed by atoms with Crippen LogP contribution in [0.1, 0.15) is 40.5 Å². The highest BCUT2D eigenvalue weighted by Gasteiger charge is 2.33. The molecule has 2 atom stereocenters. The molecule has 0 spiro atoms. The average Bonchev–Trinajstić information content (AvgIpc) is 2.32. The van der Waals surface area contributed by atoms with Crippen molar-refractivity contribution in [3.05, 3.63) is 0 Å². The first-order valence-corrected chi connectivity index (χ1v) is 6.87. The Morgan fingerprint density at radius 1 is 1.28 bits per heavy atom. The molecule has 1 heterocycles. The summed E-state index contributed by atoms with van der Waals surface area (Å²) >= 11 is 0. The Labute approximate surface area is 111 Å². The molecule has 0 amide bonds. The number of carboxylic acid groups (broad SMARTS) is 1. The molecule has 4 nitrogen and oxygen atoms in total. The van der Waals surface area contributed by atoms with Crippen LogP contribution >= 0.6 is 0 Å². The zero-order chi connectivity index (χ0) is 13.9. The van der Waals surface area contributed by atoms with Crippen molar-refractivity contribution < 1.29 is 9.90 Å². The van der Waals surface area contributed by atoms with Gasteiger partial charge in [0.2, 0.25) is 0 Å². The van der Waals surface area contributed by atoms with E-state index in [4.69, 9.17) is 5.11 Å². The first kappa shape index (κ1) is 15.4. The Balaban J connectivity index is 2.80. The van der Waals surface area contributed by atoms with Crippen LogP contribution in [0, 0.1) is 5.92 Å². The van der Waals surface area contributed by atoms with Gasteiger partial charge >= 0.3 is 5.97 Å². The summed E-state index contributed by atoms with van der Waals surface area (Å²) in [6.45, 7) is 12.1. The van der Waals surface area contributed by atoms with Crippen LogP contribution < -0.4 is 0 Å². The van der Waals surface area contributed by atoms with Gasteiger partial charge in [-0.05, 0) is 40.2 Å². The number of likely N-dealkylation sites (N-methyl/N-ethyl adjacent to an activating group) is 1. The van der Waals surface area contributed by atoms with Gasteiger partial charge in [-0.2, -0.15) is 0 Å². The van der Waals surface area contributed by atoms with E-state index in [0.717, 1.165) is 26.1 Å². The van der Waals surface area contributed by atoms with Crippen LogP contribution in [0.2, 0.25) is 0 Å². The monoisotopic (exact) mass is 256 g/mol. The number of carboxylic acids is 1. The molecular weight excluding hydrogens is 228 g/mol. The predicted molar refractivity (Wildman–Crippen MR) is 73.8 cm³/mol. The number of aliphatic carboxylic acids is 1. The zero-order valence-electron chi connectivity index (χ0n) is 12.4. The second-order valence-electron chi connectivity index (χ2n) is 6.74. The van der Waals surface area contributed by atoms with Gasteiger partial charge < -0.3 is 10.0 Å². The van der Waals surface area contributed by atoms with Crippen molar-refractivity contribution in [2.24, 2.45) is 5.92 Å². The molecule has 0 saturated carbocycles. The third-order valence-corrected chi connectivity index (χ3v) is 3.65. The highest BCUT2D eigenvalue weighted by Crippen LogP contribution is 2.25. The number of rotatable bonds is 3. The third-order valence-electron chi connectivity index (χ3n) is 3.65. The van der Waals surface area contributed by atoms with E-state index in [-0.39, 0.29) is 12.0 Å². The minimum atomic E-state index is -0.691. The van der Waals surface area contributed by atoms with Crippen molar-refractivity contribution >= 4 is 5.97 Å². The van der Waals surface area contributed by atoms with E-state index >= 15 is 0 Å². The average molecular weight is 256 g/mol. The fourth-order valence-electron chi connectivity index (χ4n) is 2.97. The van der Waals surface area contributed by atoms with Crippen LogP contribution in [-0.4, -0.2) is 59.1 Å². The van der Waals surface area contributed by atoms with Gasteiger partial charge in [0.25, 0.3) is 0 Å². The van der Waals surface area contributed by atoms with Crippen molar-refractivity contribution in [2.75, 3.05) is 26.7 Å². The number of carbonyl (C=O) groups is 1. The molecule has 1 aliphatic rings. The Bertz CT molecular complexity index is 286. The molecule has 0 radical (unpaired) electrons. The van der Waals surface area contributed by atoms with Crippen LogP contribution in [0.5, 0.6) is 0 Å². The van der Waals surface area contributed by atoms with E-state index in [0.29, 0.717) is 12.0 Å². The van der Waals surface area contributed by atoms with Crippen molar-refractivity contribution in [1.29, 1.82) is 0 Å². The number of nitrogens with zero attached hydrogens (tertiary/aromatic N) is 2. The summed E-state index contributed by atoms with van der Waals surface area (Å²) in [5.41, 5.74) is 0.0998. The molecule has 0 aromatic heterocycles. The van der Waals surface area contributed by atoms with Gasteiger partial charge in [-0.25, -0.2) is 0 Å². The third kappa shape index (κ3) is 4.58. The number of hydrogen-bond acceptors (Lipinski definition) is 3. The molecule has 2 unspecified atom stereocenters. The van der Waals surface area contributed by atoms with Gasteiger partial charge in [0.1, 0.15) is 0 Å². The summed E-state index contributed by atoms with van der Waals surface area (Å²) in [7, 11) is 2.14. The highest BCUT2D eigenvalue weighted by molar-refractivity contribution is 5.66. The molecule has 0 aromatic rings. The molecular formula is C14H28N2O2. The van der Waals surface area contributed by atoms with Crippen molar-refractivity contribution in [1.82, 2.24) is 9.80 Å². The van der Waals surface area contributed by atoms with Gasteiger partial charge in [-0.3, -0.25) is 9.69 Å². The summed E-state index contributed by atoms with van der Waals surface area (Å²) in [4.78, 5) is 15.6. The van der Waals surface area contributed by atoms with Gasteiger partial charge in [0.05, 0.1) is 0 Å². The van der Waals surface area contributed by atoms with Crippen molar-refractivity contribution in [3.8, 4) is 0 Å². The van der Waals surface area contributed by atoms with E-state index in [2.05, 4.69) is 44.5 Å². The maximum absolute atomic E-state index is 10.8. The molecule has 1 N–H and O–H groups in total. The normalized spacial score (nSPS) is 28.1. The topological polar surface area (TPSA) is 43.8 Å².